The summed E-state index contributed by atoms with van der Waals surface area (Å²) in [6.07, 6.45) is 0. The Morgan fingerprint density at radius 1 is 1.21 bits per heavy atom. The number of H-pyrrole nitrogens is 1. The molecule has 7 N–H and O–H groups in total. The highest BCUT2D eigenvalue weighted by Crippen LogP contribution is 2.31. The second-order valence-corrected chi connectivity index (χ2v) is 5.29. The quantitative estimate of drug-likeness (QED) is 0.487. The number of benzene rings is 1. The van der Waals surface area contributed by atoms with Crippen molar-refractivity contribution in [2.24, 2.45) is 11.5 Å². The van der Waals surface area contributed by atoms with Crippen molar-refractivity contribution in [1.29, 1.82) is 0 Å². The first-order valence-corrected chi connectivity index (χ1v) is 7.25. The number of anilines is 1. The molecule has 8 heteroatoms. The highest BCUT2D eigenvalue weighted by Gasteiger charge is 2.18. The Bertz CT molecular complexity index is 925. The van der Waals surface area contributed by atoms with Gasteiger partial charge in [-0.15, -0.1) is 0 Å². The van der Waals surface area contributed by atoms with Crippen LogP contribution in [0.3, 0.4) is 0 Å². The molecule has 0 radical (unpaired) electrons. The van der Waals surface area contributed by atoms with Crippen LogP contribution in [0.15, 0.2) is 34.7 Å². The standard InChI is InChI=1S/C16H17N5O3/c1-19-7-9-3-5-12(24-9)8-2-4-10-11(6-8)20-15(21-16(18)23)13(10)14(17)22/h2-6,19-20H,7H2,1H3,(H2,17,22)(H3,18,21,23). The Hall–Kier alpha value is -3.26. The smallest absolute Gasteiger partial charge is 0.317 e. The Kier molecular flexibility index (Phi) is 3.97. The normalized spacial score (nSPS) is 10.9. The van der Waals surface area contributed by atoms with Gasteiger partial charge in [0.2, 0.25) is 0 Å². The van der Waals surface area contributed by atoms with Crippen LogP contribution in [0.25, 0.3) is 22.2 Å². The van der Waals surface area contributed by atoms with Crippen LogP contribution in [-0.2, 0) is 6.54 Å². The zero-order valence-electron chi connectivity index (χ0n) is 13.0. The average Bonchev–Trinajstić information content (AvgIpc) is 3.10. The molecule has 3 aromatic rings. The zero-order valence-corrected chi connectivity index (χ0v) is 13.0. The van der Waals surface area contributed by atoms with Crippen molar-refractivity contribution >= 4 is 28.7 Å². The van der Waals surface area contributed by atoms with E-state index < -0.39 is 11.9 Å². The topological polar surface area (TPSA) is 139 Å². The number of aromatic nitrogens is 1. The van der Waals surface area contributed by atoms with Crippen molar-refractivity contribution < 1.29 is 14.0 Å². The van der Waals surface area contributed by atoms with Gasteiger partial charge in [0.15, 0.2) is 0 Å². The molecule has 0 aliphatic carbocycles. The number of hydrogen-bond acceptors (Lipinski definition) is 4. The molecule has 0 aliphatic rings. The molecule has 3 amide bonds. The molecule has 0 spiro atoms. The van der Waals surface area contributed by atoms with Crippen LogP contribution >= 0.6 is 0 Å². The number of carbonyl (C=O) groups excluding carboxylic acids is 2. The maximum absolute atomic E-state index is 11.7. The van der Waals surface area contributed by atoms with Crippen LogP contribution in [0, 0.1) is 0 Å². The second-order valence-electron chi connectivity index (χ2n) is 5.29. The number of amides is 3. The van der Waals surface area contributed by atoms with Crippen LogP contribution in [0.4, 0.5) is 10.6 Å². The van der Waals surface area contributed by atoms with E-state index in [1.807, 2.05) is 31.3 Å². The molecular weight excluding hydrogens is 310 g/mol. The fourth-order valence-corrected chi connectivity index (χ4v) is 2.63. The summed E-state index contributed by atoms with van der Waals surface area (Å²) in [5.74, 6) is 1.03. The third-order valence-electron chi connectivity index (χ3n) is 3.59. The Morgan fingerprint density at radius 3 is 2.67 bits per heavy atom. The summed E-state index contributed by atoms with van der Waals surface area (Å²) in [6, 6.07) is 8.35. The molecule has 124 valence electrons. The molecule has 0 saturated carbocycles. The summed E-state index contributed by atoms with van der Waals surface area (Å²) >= 11 is 0. The first-order chi connectivity index (χ1) is 11.5. The Morgan fingerprint density at radius 2 is 2.00 bits per heavy atom. The van der Waals surface area contributed by atoms with Crippen molar-refractivity contribution in [1.82, 2.24) is 10.3 Å². The van der Waals surface area contributed by atoms with Gasteiger partial charge in [-0.3, -0.25) is 10.1 Å². The molecule has 2 aromatic heterocycles. The van der Waals surface area contributed by atoms with Gasteiger partial charge >= 0.3 is 6.03 Å². The van der Waals surface area contributed by atoms with E-state index in [0.717, 1.165) is 11.3 Å². The largest absolute Gasteiger partial charge is 0.460 e. The Balaban J connectivity index is 2.07. The molecule has 1 aromatic carbocycles. The lowest BCUT2D eigenvalue weighted by Gasteiger charge is -2.00. The minimum Gasteiger partial charge on any atom is -0.460 e. The fourth-order valence-electron chi connectivity index (χ4n) is 2.63. The molecule has 0 bridgehead atoms. The van der Waals surface area contributed by atoms with Crippen LogP contribution in [0.2, 0.25) is 0 Å². The summed E-state index contributed by atoms with van der Waals surface area (Å²) in [7, 11) is 1.84. The summed E-state index contributed by atoms with van der Waals surface area (Å²) < 4.78 is 5.75. The monoisotopic (exact) mass is 327 g/mol. The van der Waals surface area contributed by atoms with E-state index in [9.17, 15) is 9.59 Å². The first-order valence-electron chi connectivity index (χ1n) is 7.25. The van der Waals surface area contributed by atoms with Gasteiger partial charge in [0, 0.05) is 16.5 Å². The predicted octanol–water partition coefficient (Wildman–Crippen LogP) is 1.74. The molecule has 3 rings (SSSR count). The minimum absolute atomic E-state index is 0.178. The van der Waals surface area contributed by atoms with Gasteiger partial charge in [-0.25, -0.2) is 4.79 Å². The third kappa shape index (κ3) is 2.82. The number of rotatable bonds is 5. The lowest BCUT2D eigenvalue weighted by Crippen LogP contribution is -2.22. The van der Waals surface area contributed by atoms with Gasteiger partial charge in [0.05, 0.1) is 12.1 Å². The van der Waals surface area contributed by atoms with Crippen molar-refractivity contribution in [3.63, 3.8) is 0 Å². The number of urea groups is 1. The van der Waals surface area contributed by atoms with E-state index in [0.29, 0.717) is 23.2 Å². The molecule has 8 nitrogen and oxygen atoms in total. The highest BCUT2D eigenvalue weighted by molar-refractivity contribution is 6.13. The third-order valence-corrected chi connectivity index (χ3v) is 3.59. The van der Waals surface area contributed by atoms with E-state index >= 15 is 0 Å². The molecule has 0 unspecified atom stereocenters. The number of hydrogen-bond donors (Lipinski definition) is 5. The predicted molar refractivity (Wildman–Crippen MR) is 90.5 cm³/mol. The number of furan rings is 1. The lowest BCUT2D eigenvalue weighted by atomic mass is 10.1. The Labute approximate surface area is 137 Å². The molecular formula is C16H17N5O3. The van der Waals surface area contributed by atoms with Gasteiger partial charge in [-0.1, -0.05) is 12.1 Å². The number of fused-ring (bicyclic) bond motifs is 1. The van der Waals surface area contributed by atoms with Crippen LogP contribution in [0.1, 0.15) is 16.1 Å². The minimum atomic E-state index is -0.785. The van der Waals surface area contributed by atoms with Gasteiger partial charge < -0.3 is 26.2 Å². The number of primary amides is 2. The first kappa shape index (κ1) is 15.6. The number of nitrogens with one attached hydrogen (secondary N) is 3. The average molecular weight is 327 g/mol. The molecule has 0 fully saturated rings. The van der Waals surface area contributed by atoms with Crippen molar-refractivity contribution in [3.05, 3.63) is 41.7 Å². The van der Waals surface area contributed by atoms with Crippen LogP contribution in [-0.4, -0.2) is 24.0 Å². The van der Waals surface area contributed by atoms with E-state index in [1.54, 1.807) is 6.07 Å². The highest BCUT2D eigenvalue weighted by atomic mass is 16.3. The fraction of sp³-hybridized carbons (Fsp3) is 0.125. The van der Waals surface area contributed by atoms with Crippen molar-refractivity contribution in [2.75, 3.05) is 12.4 Å². The van der Waals surface area contributed by atoms with Gasteiger partial charge in [-0.2, -0.15) is 0 Å². The summed E-state index contributed by atoms with van der Waals surface area (Å²) in [5.41, 5.74) is 12.2. The molecule has 2 heterocycles. The van der Waals surface area contributed by atoms with Crippen molar-refractivity contribution in [3.8, 4) is 11.3 Å². The number of carbonyl (C=O) groups is 2. The molecule has 24 heavy (non-hydrogen) atoms. The van der Waals surface area contributed by atoms with Crippen molar-refractivity contribution in [2.45, 2.75) is 6.54 Å². The second kappa shape index (κ2) is 6.09. The number of nitrogens with two attached hydrogens (primary N) is 2. The van der Waals surface area contributed by atoms with Gasteiger partial charge in [0.25, 0.3) is 5.91 Å². The SMILES string of the molecule is CNCc1ccc(-c2ccc3c(C(N)=O)c(NC(N)=O)[nH]c3c2)o1. The molecule has 0 atom stereocenters. The summed E-state index contributed by atoms with van der Waals surface area (Å²) in [6.45, 7) is 0.628. The van der Waals surface area contributed by atoms with Crippen LogP contribution < -0.4 is 22.1 Å². The number of aromatic amines is 1. The van der Waals surface area contributed by atoms with E-state index in [-0.39, 0.29) is 11.4 Å². The van der Waals surface area contributed by atoms with Gasteiger partial charge in [0.1, 0.15) is 17.3 Å². The summed E-state index contributed by atoms with van der Waals surface area (Å²) in [5, 5.41) is 5.99. The van der Waals surface area contributed by atoms with E-state index in [4.69, 9.17) is 15.9 Å². The molecule has 0 saturated heterocycles. The van der Waals surface area contributed by atoms with Crippen LogP contribution in [0.5, 0.6) is 0 Å². The lowest BCUT2D eigenvalue weighted by molar-refractivity contribution is 0.100. The summed E-state index contributed by atoms with van der Waals surface area (Å²) in [4.78, 5) is 25.7. The zero-order chi connectivity index (χ0) is 17.3. The van der Waals surface area contributed by atoms with E-state index in [2.05, 4.69) is 15.6 Å². The maximum atomic E-state index is 11.7. The van der Waals surface area contributed by atoms with Gasteiger partial charge in [-0.05, 0) is 25.2 Å². The maximum Gasteiger partial charge on any atom is 0.317 e. The molecule has 0 aliphatic heterocycles. The van der Waals surface area contributed by atoms with E-state index in [1.165, 1.54) is 0 Å².